The summed E-state index contributed by atoms with van der Waals surface area (Å²) in [4.78, 5) is 0. The fourth-order valence-electron chi connectivity index (χ4n) is 1.44. The Morgan fingerprint density at radius 1 is 0.875 bits per heavy atom. The van der Waals surface area contributed by atoms with Crippen molar-refractivity contribution in [1.29, 1.82) is 0 Å². The van der Waals surface area contributed by atoms with Crippen molar-refractivity contribution in [3.05, 3.63) is 51.5 Å². The largest absolute Gasteiger partial charge is 0.506 e. The van der Waals surface area contributed by atoms with E-state index < -0.39 is 0 Å². The first kappa shape index (κ1) is 11.6. The highest BCUT2D eigenvalue weighted by molar-refractivity contribution is 6.38. The van der Waals surface area contributed by atoms with E-state index in [1.807, 2.05) is 0 Å². The van der Waals surface area contributed by atoms with E-state index in [0.29, 0.717) is 15.6 Å². The van der Waals surface area contributed by atoms with Gasteiger partial charge in [-0.15, -0.1) is 0 Å². The van der Waals surface area contributed by atoms with Crippen LogP contribution in [0, 0.1) is 0 Å². The molecule has 0 atom stereocenters. The third-order valence-corrected chi connectivity index (χ3v) is 3.14. The van der Waals surface area contributed by atoms with Crippen LogP contribution in [0.15, 0.2) is 36.4 Å². The molecule has 2 aromatic rings. The molecule has 2 aromatic carbocycles. The molecule has 0 amide bonds. The predicted molar refractivity (Wildman–Crippen MR) is 68.6 cm³/mol. The first-order chi connectivity index (χ1) is 7.59. The van der Waals surface area contributed by atoms with Crippen molar-refractivity contribution >= 4 is 34.8 Å². The van der Waals surface area contributed by atoms with Crippen molar-refractivity contribution in [3.8, 4) is 16.9 Å². The molecule has 4 heteroatoms. The minimum absolute atomic E-state index is 0.0326. The van der Waals surface area contributed by atoms with Crippen LogP contribution in [-0.2, 0) is 0 Å². The van der Waals surface area contributed by atoms with Crippen molar-refractivity contribution in [3.63, 3.8) is 0 Å². The number of phenolic OH excluding ortho intramolecular Hbond substituents is 1. The lowest BCUT2D eigenvalue weighted by Crippen LogP contribution is -1.82. The highest BCUT2D eigenvalue weighted by Gasteiger charge is 2.10. The zero-order valence-electron chi connectivity index (χ0n) is 8.05. The van der Waals surface area contributed by atoms with Crippen LogP contribution < -0.4 is 0 Å². The Bertz CT molecular complexity index is 538. The molecule has 0 bridgehead atoms. The van der Waals surface area contributed by atoms with Gasteiger partial charge < -0.3 is 5.11 Å². The number of aromatic hydroxyl groups is 1. The van der Waals surface area contributed by atoms with Gasteiger partial charge in [0.05, 0.1) is 5.02 Å². The van der Waals surface area contributed by atoms with Gasteiger partial charge in [-0.3, -0.25) is 0 Å². The molecule has 2 rings (SSSR count). The van der Waals surface area contributed by atoms with Gasteiger partial charge in [0.25, 0.3) is 0 Å². The summed E-state index contributed by atoms with van der Waals surface area (Å²) in [6, 6.07) is 10.2. The summed E-state index contributed by atoms with van der Waals surface area (Å²) in [5.74, 6) is 0.0326. The standard InChI is InChI=1S/C12H7Cl3O/c13-7-4-5-8(10(14)6-7)9-2-1-3-11(16)12(9)15/h1-6,16H. The maximum Gasteiger partial charge on any atom is 0.134 e. The molecule has 0 aliphatic carbocycles. The second-order valence-corrected chi connectivity index (χ2v) is 4.48. The SMILES string of the molecule is Oc1cccc(-c2ccc(Cl)cc2Cl)c1Cl. The summed E-state index contributed by atoms with van der Waals surface area (Å²) >= 11 is 17.9. The molecule has 0 saturated carbocycles. The molecule has 0 radical (unpaired) electrons. The Kier molecular flexibility index (Phi) is 3.29. The van der Waals surface area contributed by atoms with Crippen molar-refractivity contribution in [2.24, 2.45) is 0 Å². The van der Waals surface area contributed by atoms with Gasteiger partial charge in [-0.05, 0) is 18.2 Å². The monoisotopic (exact) mass is 272 g/mol. The Balaban J connectivity index is 2.63. The Labute approximate surface area is 108 Å². The molecule has 1 N–H and O–H groups in total. The number of halogens is 3. The molecule has 0 fully saturated rings. The Morgan fingerprint density at radius 2 is 1.62 bits per heavy atom. The van der Waals surface area contributed by atoms with E-state index in [1.54, 1.807) is 30.3 Å². The molecular weight excluding hydrogens is 266 g/mol. The lowest BCUT2D eigenvalue weighted by Gasteiger charge is -2.08. The fourth-order valence-corrected chi connectivity index (χ4v) is 2.17. The van der Waals surface area contributed by atoms with Crippen LogP contribution >= 0.6 is 34.8 Å². The number of rotatable bonds is 1. The second-order valence-electron chi connectivity index (χ2n) is 3.26. The molecule has 82 valence electrons. The highest BCUT2D eigenvalue weighted by Crippen LogP contribution is 2.38. The van der Waals surface area contributed by atoms with E-state index in [0.717, 1.165) is 5.56 Å². The Hall–Kier alpha value is -0.890. The Morgan fingerprint density at radius 3 is 2.31 bits per heavy atom. The first-order valence-corrected chi connectivity index (χ1v) is 5.66. The van der Waals surface area contributed by atoms with E-state index in [4.69, 9.17) is 34.8 Å². The minimum Gasteiger partial charge on any atom is -0.506 e. The fraction of sp³-hybridized carbons (Fsp3) is 0. The summed E-state index contributed by atoms with van der Waals surface area (Å²) in [6.45, 7) is 0. The molecule has 0 heterocycles. The van der Waals surface area contributed by atoms with Crippen LogP contribution in [0.5, 0.6) is 5.75 Å². The summed E-state index contributed by atoms with van der Waals surface area (Å²) in [5, 5.41) is 10.9. The minimum atomic E-state index is 0.0326. The molecular formula is C12H7Cl3O. The summed E-state index contributed by atoms with van der Waals surface area (Å²) in [5.41, 5.74) is 1.43. The van der Waals surface area contributed by atoms with Gasteiger partial charge in [0.2, 0.25) is 0 Å². The number of hydrogen-bond donors (Lipinski definition) is 1. The second kappa shape index (κ2) is 4.54. The van der Waals surface area contributed by atoms with Crippen LogP contribution in [-0.4, -0.2) is 5.11 Å². The topological polar surface area (TPSA) is 20.2 Å². The van der Waals surface area contributed by atoms with E-state index >= 15 is 0 Å². The van der Waals surface area contributed by atoms with E-state index in [-0.39, 0.29) is 10.8 Å². The van der Waals surface area contributed by atoms with Crippen LogP contribution in [0.3, 0.4) is 0 Å². The zero-order chi connectivity index (χ0) is 11.7. The molecule has 0 aliphatic rings. The molecule has 0 saturated heterocycles. The lowest BCUT2D eigenvalue weighted by molar-refractivity contribution is 0.476. The maximum atomic E-state index is 9.51. The third-order valence-electron chi connectivity index (χ3n) is 2.20. The quantitative estimate of drug-likeness (QED) is 0.773. The summed E-state index contributed by atoms with van der Waals surface area (Å²) in [6.07, 6.45) is 0. The average molecular weight is 274 g/mol. The molecule has 1 nitrogen and oxygen atoms in total. The summed E-state index contributed by atoms with van der Waals surface area (Å²) < 4.78 is 0. The van der Waals surface area contributed by atoms with Crippen LogP contribution in [0.25, 0.3) is 11.1 Å². The smallest absolute Gasteiger partial charge is 0.134 e. The van der Waals surface area contributed by atoms with Gasteiger partial charge in [-0.2, -0.15) is 0 Å². The van der Waals surface area contributed by atoms with Gasteiger partial charge in [-0.25, -0.2) is 0 Å². The average Bonchev–Trinajstić information content (AvgIpc) is 2.23. The van der Waals surface area contributed by atoms with E-state index in [1.165, 1.54) is 6.07 Å². The summed E-state index contributed by atoms with van der Waals surface area (Å²) in [7, 11) is 0. The van der Waals surface area contributed by atoms with Crippen LogP contribution in [0.4, 0.5) is 0 Å². The van der Waals surface area contributed by atoms with Crippen molar-refractivity contribution in [2.75, 3.05) is 0 Å². The van der Waals surface area contributed by atoms with Crippen molar-refractivity contribution in [1.82, 2.24) is 0 Å². The number of hydrogen-bond acceptors (Lipinski definition) is 1. The van der Waals surface area contributed by atoms with E-state index in [2.05, 4.69) is 0 Å². The lowest BCUT2D eigenvalue weighted by atomic mass is 10.1. The molecule has 16 heavy (non-hydrogen) atoms. The van der Waals surface area contributed by atoms with Crippen molar-refractivity contribution < 1.29 is 5.11 Å². The zero-order valence-corrected chi connectivity index (χ0v) is 10.3. The van der Waals surface area contributed by atoms with Gasteiger partial charge >= 0.3 is 0 Å². The molecule has 0 aliphatic heterocycles. The first-order valence-electron chi connectivity index (χ1n) is 4.52. The van der Waals surface area contributed by atoms with Crippen molar-refractivity contribution in [2.45, 2.75) is 0 Å². The maximum absolute atomic E-state index is 9.51. The number of phenols is 1. The van der Waals surface area contributed by atoms with Gasteiger partial charge in [0.15, 0.2) is 0 Å². The third kappa shape index (κ3) is 2.12. The van der Waals surface area contributed by atoms with Gasteiger partial charge in [0.1, 0.15) is 5.75 Å². The van der Waals surface area contributed by atoms with E-state index in [9.17, 15) is 5.11 Å². The van der Waals surface area contributed by atoms with Crippen LogP contribution in [0.2, 0.25) is 15.1 Å². The molecule has 0 spiro atoms. The molecule has 0 aromatic heterocycles. The normalized spacial score (nSPS) is 10.4. The van der Waals surface area contributed by atoms with Crippen LogP contribution in [0.1, 0.15) is 0 Å². The highest BCUT2D eigenvalue weighted by atomic mass is 35.5. The number of benzene rings is 2. The predicted octanol–water partition coefficient (Wildman–Crippen LogP) is 5.02. The molecule has 0 unspecified atom stereocenters. The van der Waals surface area contributed by atoms with Gasteiger partial charge in [0, 0.05) is 21.2 Å². The van der Waals surface area contributed by atoms with Gasteiger partial charge in [-0.1, -0.05) is 53.0 Å².